The van der Waals surface area contributed by atoms with Crippen molar-refractivity contribution in [3.8, 4) is 0 Å². The zero-order valence-corrected chi connectivity index (χ0v) is 13.4. The van der Waals surface area contributed by atoms with Gasteiger partial charge in [-0.15, -0.1) is 0 Å². The molecule has 0 saturated carbocycles. The smallest absolute Gasteiger partial charge is 0.416 e. The van der Waals surface area contributed by atoms with Gasteiger partial charge in [-0.1, -0.05) is 12.1 Å². The Labute approximate surface area is 147 Å². The van der Waals surface area contributed by atoms with Gasteiger partial charge in [-0.05, 0) is 48.4 Å². The Morgan fingerprint density at radius 1 is 0.885 bits per heavy atom. The second-order valence-corrected chi connectivity index (χ2v) is 5.33. The molecule has 0 fully saturated rings. The highest BCUT2D eigenvalue weighted by Gasteiger charge is 2.29. The van der Waals surface area contributed by atoms with Crippen LogP contribution in [0.2, 0.25) is 0 Å². The normalized spacial score (nSPS) is 10.9. The summed E-state index contributed by atoms with van der Waals surface area (Å²) in [6, 6.07) is 10.3. The lowest BCUT2D eigenvalue weighted by Crippen LogP contribution is -2.23. The summed E-state index contributed by atoms with van der Waals surface area (Å²) in [6.45, 7) is 0.274. The summed E-state index contributed by atoms with van der Waals surface area (Å²) in [6.07, 6.45) is -5.02. The van der Waals surface area contributed by atoms with Gasteiger partial charge in [-0.25, -0.2) is 9.59 Å². The van der Waals surface area contributed by atoms with Crippen LogP contribution in [0.4, 0.5) is 34.1 Å². The van der Waals surface area contributed by atoms with Gasteiger partial charge >= 0.3 is 18.3 Å². The lowest BCUT2D eigenvalue weighted by molar-refractivity contribution is -0.137. The molecule has 0 aliphatic heterocycles. The van der Waals surface area contributed by atoms with Gasteiger partial charge in [0.05, 0.1) is 5.56 Å². The molecule has 0 radical (unpaired) electrons. The van der Waals surface area contributed by atoms with Gasteiger partial charge in [0.1, 0.15) is 0 Å². The van der Waals surface area contributed by atoms with Crippen LogP contribution in [0.5, 0.6) is 0 Å². The fraction of sp³-hybridized carbons (Fsp3) is 0.176. The third-order valence-corrected chi connectivity index (χ3v) is 3.37. The Morgan fingerprint density at radius 3 is 1.85 bits per heavy atom. The first-order valence-corrected chi connectivity index (χ1v) is 7.55. The van der Waals surface area contributed by atoms with Gasteiger partial charge < -0.3 is 21.1 Å². The Kier molecular flexibility index (Phi) is 6.05. The summed E-state index contributed by atoms with van der Waals surface area (Å²) in [7, 11) is 0. The molecule has 2 aromatic carbocycles. The van der Waals surface area contributed by atoms with E-state index in [4.69, 9.17) is 5.11 Å². The monoisotopic (exact) mass is 367 g/mol. The maximum atomic E-state index is 12.5. The number of urea groups is 1. The molecule has 9 heteroatoms. The Morgan fingerprint density at radius 2 is 1.38 bits per heavy atom. The van der Waals surface area contributed by atoms with Crippen LogP contribution in [0.3, 0.4) is 0 Å². The third kappa shape index (κ3) is 6.00. The molecule has 4 N–H and O–H groups in total. The van der Waals surface area contributed by atoms with E-state index < -0.39 is 23.9 Å². The molecule has 2 aromatic rings. The standard InChI is InChI=1S/C17H16F3N3O3/c18-17(19,20)12-3-7-14(8-4-12)23-15(24)22-13-5-1-11(2-6-13)9-10-21-16(25)26/h1-8,21H,9-10H2,(H,25,26)(H2,22,23,24). The van der Waals surface area contributed by atoms with Crippen molar-refractivity contribution < 1.29 is 27.9 Å². The largest absolute Gasteiger partial charge is 0.465 e. The molecule has 26 heavy (non-hydrogen) atoms. The van der Waals surface area contributed by atoms with E-state index in [0.29, 0.717) is 12.1 Å². The first kappa shape index (κ1) is 19.1. The van der Waals surface area contributed by atoms with Crippen LogP contribution in [0, 0.1) is 0 Å². The van der Waals surface area contributed by atoms with Gasteiger partial charge in [0, 0.05) is 17.9 Å². The predicted octanol–water partition coefficient (Wildman–Crippen LogP) is 4.16. The number of amides is 3. The van der Waals surface area contributed by atoms with Crippen LogP contribution < -0.4 is 16.0 Å². The van der Waals surface area contributed by atoms with Crippen molar-refractivity contribution in [1.29, 1.82) is 0 Å². The first-order chi connectivity index (χ1) is 12.2. The molecule has 3 amide bonds. The van der Waals surface area contributed by atoms with E-state index >= 15 is 0 Å². The zero-order valence-electron chi connectivity index (χ0n) is 13.4. The molecule has 0 heterocycles. The number of carbonyl (C=O) groups is 2. The summed E-state index contributed by atoms with van der Waals surface area (Å²) in [5.74, 6) is 0. The number of anilines is 2. The van der Waals surface area contributed by atoms with E-state index in [2.05, 4.69) is 16.0 Å². The van der Waals surface area contributed by atoms with Gasteiger partial charge in [-0.2, -0.15) is 13.2 Å². The van der Waals surface area contributed by atoms with Gasteiger partial charge in [0.25, 0.3) is 0 Å². The van der Waals surface area contributed by atoms with Crippen molar-refractivity contribution in [3.05, 3.63) is 59.7 Å². The minimum absolute atomic E-state index is 0.229. The lowest BCUT2D eigenvalue weighted by Gasteiger charge is -2.10. The van der Waals surface area contributed by atoms with Crippen LogP contribution in [0.15, 0.2) is 48.5 Å². The van der Waals surface area contributed by atoms with Crippen LogP contribution >= 0.6 is 0 Å². The molecule has 0 bridgehead atoms. The molecule has 0 aliphatic carbocycles. The number of nitrogens with one attached hydrogen (secondary N) is 3. The summed E-state index contributed by atoms with van der Waals surface area (Å²) in [4.78, 5) is 22.2. The van der Waals surface area contributed by atoms with Crippen molar-refractivity contribution in [2.24, 2.45) is 0 Å². The summed E-state index contributed by atoms with van der Waals surface area (Å²) >= 11 is 0. The molecule has 0 aliphatic rings. The number of hydrogen-bond donors (Lipinski definition) is 4. The number of halogens is 3. The lowest BCUT2D eigenvalue weighted by atomic mass is 10.1. The van der Waals surface area contributed by atoms with Crippen molar-refractivity contribution in [1.82, 2.24) is 5.32 Å². The highest BCUT2D eigenvalue weighted by molar-refractivity contribution is 5.99. The maximum absolute atomic E-state index is 12.5. The van der Waals surface area contributed by atoms with Crippen LogP contribution in [-0.4, -0.2) is 23.8 Å². The van der Waals surface area contributed by atoms with E-state index in [9.17, 15) is 22.8 Å². The SMILES string of the molecule is O=C(O)NCCc1ccc(NC(=O)Nc2ccc(C(F)(F)F)cc2)cc1. The molecule has 2 rings (SSSR count). The molecule has 0 saturated heterocycles. The minimum atomic E-state index is -4.43. The highest BCUT2D eigenvalue weighted by Crippen LogP contribution is 2.29. The zero-order chi connectivity index (χ0) is 19.2. The fourth-order valence-corrected chi connectivity index (χ4v) is 2.10. The van der Waals surface area contributed by atoms with Crippen LogP contribution in [0.1, 0.15) is 11.1 Å². The van der Waals surface area contributed by atoms with Gasteiger partial charge in [0.15, 0.2) is 0 Å². The minimum Gasteiger partial charge on any atom is -0.465 e. The van der Waals surface area contributed by atoms with Crippen LogP contribution in [-0.2, 0) is 12.6 Å². The molecular weight excluding hydrogens is 351 g/mol. The molecule has 0 spiro atoms. The Hall–Kier alpha value is -3.23. The van der Waals surface area contributed by atoms with E-state index in [-0.39, 0.29) is 12.2 Å². The number of carboxylic acid groups (broad SMARTS) is 1. The van der Waals surface area contributed by atoms with Crippen molar-refractivity contribution in [3.63, 3.8) is 0 Å². The Bertz CT molecular complexity index is 760. The molecule has 0 aromatic heterocycles. The second kappa shape index (κ2) is 8.24. The summed E-state index contributed by atoms with van der Waals surface area (Å²) in [5.41, 5.74) is 0.806. The number of alkyl halides is 3. The number of benzene rings is 2. The van der Waals surface area contributed by atoms with Gasteiger partial charge in [0.2, 0.25) is 0 Å². The molecular formula is C17H16F3N3O3. The second-order valence-electron chi connectivity index (χ2n) is 5.33. The topological polar surface area (TPSA) is 90.5 Å². The van der Waals surface area contributed by atoms with E-state index in [1.807, 2.05) is 0 Å². The quantitative estimate of drug-likeness (QED) is 0.640. The van der Waals surface area contributed by atoms with Crippen LogP contribution in [0.25, 0.3) is 0 Å². The number of rotatable bonds is 5. The molecule has 0 atom stereocenters. The van der Waals surface area contributed by atoms with Crippen molar-refractivity contribution in [2.45, 2.75) is 12.6 Å². The van der Waals surface area contributed by atoms with E-state index in [1.165, 1.54) is 12.1 Å². The predicted molar refractivity (Wildman–Crippen MR) is 90.3 cm³/mol. The Balaban J connectivity index is 1.86. The first-order valence-electron chi connectivity index (χ1n) is 7.55. The summed E-state index contributed by atoms with van der Waals surface area (Å²) in [5, 5.41) is 15.7. The maximum Gasteiger partial charge on any atom is 0.416 e. The molecule has 0 unspecified atom stereocenters. The summed E-state index contributed by atoms with van der Waals surface area (Å²) < 4.78 is 37.5. The third-order valence-electron chi connectivity index (χ3n) is 3.37. The number of carbonyl (C=O) groups excluding carboxylic acids is 1. The van der Waals surface area contributed by atoms with Gasteiger partial charge in [-0.3, -0.25) is 0 Å². The van der Waals surface area contributed by atoms with E-state index in [1.54, 1.807) is 24.3 Å². The van der Waals surface area contributed by atoms with E-state index in [0.717, 1.165) is 17.7 Å². The van der Waals surface area contributed by atoms with Crippen molar-refractivity contribution in [2.75, 3.05) is 17.2 Å². The number of hydrogen-bond acceptors (Lipinski definition) is 2. The molecule has 6 nitrogen and oxygen atoms in total. The average Bonchev–Trinajstić information content (AvgIpc) is 2.56. The highest BCUT2D eigenvalue weighted by atomic mass is 19.4. The molecule has 138 valence electrons. The van der Waals surface area contributed by atoms with Crippen molar-refractivity contribution >= 4 is 23.5 Å². The fourth-order valence-electron chi connectivity index (χ4n) is 2.10. The average molecular weight is 367 g/mol.